The van der Waals surface area contributed by atoms with Crippen molar-refractivity contribution < 1.29 is 8.42 Å². The molecule has 1 aliphatic rings. The molecule has 2 nitrogen and oxygen atoms in total. The Morgan fingerprint density at radius 1 is 1.60 bits per heavy atom. The predicted octanol–water partition coefficient (Wildman–Crippen LogP) is 2.23. The van der Waals surface area contributed by atoms with Crippen LogP contribution < -0.4 is 0 Å². The monoisotopic (exact) mass is 262 g/mol. The van der Waals surface area contributed by atoms with Crippen molar-refractivity contribution in [3.63, 3.8) is 0 Å². The number of hydrogen-bond donors (Lipinski definition) is 1. The molecule has 0 saturated carbocycles. The van der Waals surface area contributed by atoms with Gasteiger partial charge in [-0.3, -0.25) is 0 Å². The van der Waals surface area contributed by atoms with E-state index in [0.717, 1.165) is 0 Å². The molecule has 0 bridgehead atoms. The highest BCUT2D eigenvalue weighted by atomic mass is 79.9. The highest BCUT2D eigenvalue weighted by molar-refractivity contribution is 9.55. The maximum absolute atomic E-state index is 10.6. The van der Waals surface area contributed by atoms with Crippen LogP contribution in [0.1, 0.15) is 0 Å². The van der Waals surface area contributed by atoms with E-state index in [1.807, 2.05) is 0 Å². The molecule has 0 aromatic heterocycles. The Morgan fingerprint density at radius 3 is 2.40 bits per heavy atom. The number of thiol groups is 1. The third kappa shape index (κ3) is 2.02. The van der Waals surface area contributed by atoms with E-state index in [9.17, 15) is 8.42 Å². The molecule has 58 valence electrons. The lowest BCUT2D eigenvalue weighted by Crippen LogP contribution is -1.87. The van der Waals surface area contributed by atoms with Crippen LogP contribution in [0.4, 0.5) is 0 Å². The van der Waals surface area contributed by atoms with Crippen LogP contribution in [-0.4, -0.2) is 8.42 Å². The van der Waals surface area contributed by atoms with Gasteiger partial charge >= 0.3 is 0 Å². The van der Waals surface area contributed by atoms with Crippen LogP contribution in [-0.2, 0) is 9.05 Å². The highest BCUT2D eigenvalue weighted by Crippen LogP contribution is 2.44. The zero-order chi connectivity index (χ0) is 7.78. The summed E-state index contributed by atoms with van der Waals surface area (Å²) < 4.78 is 21.2. The van der Waals surface area contributed by atoms with Crippen LogP contribution in [0.5, 0.6) is 0 Å². The van der Waals surface area contributed by atoms with Crippen LogP contribution in [0.3, 0.4) is 0 Å². The van der Waals surface area contributed by atoms with Crippen LogP contribution in [0.2, 0.25) is 0 Å². The fraction of sp³-hybridized carbons (Fsp3) is 0. The molecule has 0 spiro atoms. The molecule has 10 heavy (non-hydrogen) atoms. The molecule has 1 unspecified atom stereocenters. The Morgan fingerprint density at radius 2 is 2.20 bits per heavy atom. The predicted molar refractivity (Wildman–Crippen MR) is 49.9 cm³/mol. The van der Waals surface area contributed by atoms with E-state index in [0.29, 0.717) is 0 Å². The zero-order valence-electron chi connectivity index (χ0n) is 4.66. The molecule has 6 heteroatoms. The Labute approximate surface area is 73.9 Å². The number of allylic oxidation sites excluding steroid dienone is 1. The molecule has 0 N–H and O–H groups in total. The second-order valence-corrected chi connectivity index (χ2v) is 7.90. The first-order valence-electron chi connectivity index (χ1n) is 2.29. The lowest BCUT2D eigenvalue weighted by Gasteiger charge is -1.92. The number of rotatable bonds is 1. The first-order chi connectivity index (χ1) is 4.50. The van der Waals surface area contributed by atoms with Gasteiger partial charge in [0.25, 0.3) is 9.05 Å². The first-order valence-corrected chi connectivity index (χ1v) is 8.10. The van der Waals surface area contributed by atoms with E-state index in [4.69, 9.17) is 10.7 Å². The number of halogens is 2. The molecule has 0 aliphatic carbocycles. The second-order valence-electron chi connectivity index (χ2n) is 1.63. The lowest BCUT2D eigenvalue weighted by molar-refractivity contribution is 0.616. The van der Waals surface area contributed by atoms with Crippen LogP contribution >= 0.6 is 34.8 Å². The van der Waals surface area contributed by atoms with Crippen molar-refractivity contribution in [2.45, 2.75) is 0 Å². The molecular weight excluding hydrogens is 260 g/mol. The molecule has 0 amide bonds. The van der Waals surface area contributed by atoms with Gasteiger partial charge in [0.1, 0.15) is 0 Å². The van der Waals surface area contributed by atoms with E-state index in [1.165, 1.54) is 6.08 Å². The third-order valence-electron chi connectivity index (χ3n) is 0.913. The maximum atomic E-state index is 10.6. The minimum absolute atomic E-state index is 0.192. The largest absolute Gasteiger partial charge is 0.261 e. The average Bonchev–Trinajstić information content (AvgIpc) is 2.11. The average molecular weight is 264 g/mol. The van der Waals surface area contributed by atoms with Gasteiger partial charge in [-0.1, -0.05) is 0 Å². The summed E-state index contributed by atoms with van der Waals surface area (Å²) in [6, 6.07) is 0. The van der Waals surface area contributed by atoms with Gasteiger partial charge in [-0.15, -0.1) is 0 Å². The molecule has 0 aromatic carbocycles. The summed E-state index contributed by atoms with van der Waals surface area (Å²) in [5.74, 6) is 0. The Balaban J connectivity index is 3.00. The van der Waals surface area contributed by atoms with Gasteiger partial charge < -0.3 is 0 Å². The van der Waals surface area contributed by atoms with E-state index in [1.54, 1.807) is 10.8 Å². The fourth-order valence-corrected chi connectivity index (χ4v) is 4.33. The molecule has 1 aliphatic heterocycles. The molecule has 1 rings (SSSR count). The highest BCUT2D eigenvalue weighted by Gasteiger charge is 2.15. The van der Waals surface area contributed by atoms with Crippen molar-refractivity contribution in [3.8, 4) is 0 Å². The van der Waals surface area contributed by atoms with Crippen LogP contribution in [0.15, 0.2) is 21.8 Å². The summed E-state index contributed by atoms with van der Waals surface area (Å²) in [6.45, 7) is 0. The zero-order valence-corrected chi connectivity index (χ0v) is 8.71. The Kier molecular flexibility index (Phi) is 2.50. The molecule has 0 radical (unpaired) electrons. The molecule has 0 saturated heterocycles. The minimum atomic E-state index is -3.50. The topological polar surface area (TPSA) is 34.1 Å². The van der Waals surface area contributed by atoms with Gasteiger partial charge in [-0.05, 0) is 31.7 Å². The van der Waals surface area contributed by atoms with Crippen LogP contribution in [0.25, 0.3) is 0 Å². The summed E-state index contributed by atoms with van der Waals surface area (Å²) in [6.07, 6.45) is 1.50. The first kappa shape index (κ1) is 8.64. The summed E-state index contributed by atoms with van der Waals surface area (Å²) in [7, 11) is 0.982. The van der Waals surface area contributed by atoms with Crippen molar-refractivity contribution in [3.05, 3.63) is 21.8 Å². The third-order valence-corrected chi connectivity index (χ3v) is 4.72. The fourth-order valence-electron chi connectivity index (χ4n) is 0.497. The standard InChI is InChI=1S/C4H4BrClO2S2/c5-9-2-1-4(3-9)10(6,7)8/h1-3,9H. The van der Waals surface area contributed by atoms with Crippen molar-refractivity contribution in [2.24, 2.45) is 0 Å². The SMILES string of the molecule is O=S(=O)(Cl)C1=C[SH](Br)C=C1. The molecule has 0 fully saturated rings. The minimum Gasteiger partial charge on any atom is -0.207 e. The summed E-state index contributed by atoms with van der Waals surface area (Å²) in [5, 5.41) is 3.36. The molecule has 0 aromatic rings. The Hall–Kier alpha value is 0.550. The lowest BCUT2D eigenvalue weighted by atomic mass is 10.6. The van der Waals surface area contributed by atoms with Gasteiger partial charge in [0.2, 0.25) is 0 Å². The van der Waals surface area contributed by atoms with E-state index < -0.39 is 18.4 Å². The van der Waals surface area contributed by atoms with Crippen molar-refractivity contribution in [2.75, 3.05) is 0 Å². The van der Waals surface area contributed by atoms with E-state index in [-0.39, 0.29) is 4.91 Å². The Bertz CT molecular complexity index is 292. The second kappa shape index (κ2) is 2.89. The molecule has 1 heterocycles. The summed E-state index contributed by atoms with van der Waals surface area (Å²) in [4.78, 5) is 0.192. The summed E-state index contributed by atoms with van der Waals surface area (Å²) >= 11 is 3.25. The van der Waals surface area contributed by atoms with Gasteiger partial charge in [0.05, 0.1) is 4.91 Å². The normalized spacial score (nSPS) is 28.6. The quantitative estimate of drug-likeness (QED) is 0.581. The number of hydrogen-bond acceptors (Lipinski definition) is 2. The van der Waals surface area contributed by atoms with Gasteiger partial charge in [-0.2, -0.15) is 9.33 Å². The van der Waals surface area contributed by atoms with Gasteiger partial charge in [0, 0.05) is 10.7 Å². The van der Waals surface area contributed by atoms with Gasteiger partial charge in [-0.25, -0.2) is 8.42 Å². The van der Waals surface area contributed by atoms with Crippen LogP contribution in [0, 0.1) is 0 Å². The summed E-state index contributed by atoms with van der Waals surface area (Å²) in [5.41, 5.74) is 0. The van der Waals surface area contributed by atoms with Crippen molar-refractivity contribution in [1.82, 2.24) is 0 Å². The van der Waals surface area contributed by atoms with Crippen molar-refractivity contribution >= 4 is 43.9 Å². The van der Waals surface area contributed by atoms with E-state index in [2.05, 4.69) is 14.8 Å². The van der Waals surface area contributed by atoms with E-state index >= 15 is 0 Å². The van der Waals surface area contributed by atoms with Crippen molar-refractivity contribution in [1.29, 1.82) is 0 Å². The molecule has 1 atom stereocenters. The van der Waals surface area contributed by atoms with Gasteiger partial charge in [0.15, 0.2) is 0 Å². The smallest absolute Gasteiger partial charge is 0.207 e. The molecular formula is C4H4BrClO2S2. The maximum Gasteiger partial charge on any atom is 0.261 e.